The second kappa shape index (κ2) is 6.67. The number of carbonyl (C=O) groups is 2. The van der Waals surface area contributed by atoms with Gasteiger partial charge in [-0.3, -0.25) is 4.79 Å². The van der Waals surface area contributed by atoms with Crippen LogP contribution in [0.5, 0.6) is 0 Å². The highest BCUT2D eigenvalue weighted by atomic mass is 16.4. The van der Waals surface area contributed by atoms with E-state index in [9.17, 15) is 9.59 Å². The van der Waals surface area contributed by atoms with Crippen LogP contribution in [-0.2, 0) is 4.79 Å². The number of aliphatic carboxylic acids is 1. The molecule has 2 fully saturated rings. The molecule has 0 spiro atoms. The maximum absolute atomic E-state index is 11.9. The summed E-state index contributed by atoms with van der Waals surface area (Å²) < 4.78 is 0. The van der Waals surface area contributed by atoms with Gasteiger partial charge >= 0.3 is 12.0 Å². The summed E-state index contributed by atoms with van der Waals surface area (Å²) in [4.78, 5) is 22.8. The molecule has 2 rings (SSSR count). The molecule has 21 heavy (non-hydrogen) atoms. The van der Waals surface area contributed by atoms with Crippen LogP contribution >= 0.6 is 0 Å². The van der Waals surface area contributed by atoms with Crippen LogP contribution in [0, 0.1) is 17.3 Å². The molecule has 3 N–H and O–H groups in total. The van der Waals surface area contributed by atoms with E-state index in [0.29, 0.717) is 24.2 Å². The van der Waals surface area contributed by atoms with Gasteiger partial charge in [-0.25, -0.2) is 4.79 Å². The molecular formula is C16H28N2O3. The van der Waals surface area contributed by atoms with Crippen LogP contribution in [0.3, 0.4) is 0 Å². The molecule has 0 aromatic rings. The monoisotopic (exact) mass is 296 g/mol. The lowest BCUT2D eigenvalue weighted by molar-refractivity contribution is -0.142. The van der Waals surface area contributed by atoms with Crippen molar-refractivity contribution in [2.24, 2.45) is 17.3 Å². The molecule has 0 unspecified atom stereocenters. The number of amides is 2. The highest BCUT2D eigenvalue weighted by Gasteiger charge is 2.42. The molecule has 0 heterocycles. The van der Waals surface area contributed by atoms with Crippen molar-refractivity contribution in [1.82, 2.24) is 10.6 Å². The zero-order chi connectivity index (χ0) is 15.5. The van der Waals surface area contributed by atoms with E-state index in [4.69, 9.17) is 5.11 Å². The number of carboxylic acids is 1. The number of rotatable bonds is 6. The van der Waals surface area contributed by atoms with E-state index in [0.717, 1.165) is 19.4 Å². The van der Waals surface area contributed by atoms with Gasteiger partial charge in [0.05, 0.1) is 5.92 Å². The van der Waals surface area contributed by atoms with E-state index < -0.39 is 5.97 Å². The molecule has 0 aromatic heterocycles. The van der Waals surface area contributed by atoms with E-state index in [1.54, 1.807) is 0 Å². The van der Waals surface area contributed by atoms with Crippen molar-refractivity contribution in [3.05, 3.63) is 0 Å². The topological polar surface area (TPSA) is 78.4 Å². The van der Waals surface area contributed by atoms with Gasteiger partial charge in [0.25, 0.3) is 0 Å². The van der Waals surface area contributed by atoms with Crippen LogP contribution in [0.1, 0.15) is 58.8 Å². The van der Waals surface area contributed by atoms with Gasteiger partial charge in [0, 0.05) is 12.6 Å². The van der Waals surface area contributed by atoms with Crippen LogP contribution in [0.4, 0.5) is 4.79 Å². The van der Waals surface area contributed by atoms with Crippen molar-refractivity contribution >= 4 is 12.0 Å². The molecule has 5 heteroatoms. The maximum Gasteiger partial charge on any atom is 0.315 e. The van der Waals surface area contributed by atoms with E-state index in [1.165, 1.54) is 19.3 Å². The van der Waals surface area contributed by atoms with Crippen LogP contribution in [0.15, 0.2) is 0 Å². The third-order valence-electron chi connectivity index (χ3n) is 4.83. The average molecular weight is 296 g/mol. The summed E-state index contributed by atoms with van der Waals surface area (Å²) in [5.74, 6) is -0.266. The first-order valence-corrected chi connectivity index (χ1v) is 8.17. The van der Waals surface area contributed by atoms with E-state index >= 15 is 0 Å². The molecule has 2 aliphatic rings. The Morgan fingerprint density at radius 2 is 1.81 bits per heavy atom. The first-order valence-electron chi connectivity index (χ1n) is 8.17. The van der Waals surface area contributed by atoms with Crippen molar-refractivity contribution in [1.29, 1.82) is 0 Å². The zero-order valence-electron chi connectivity index (χ0n) is 13.2. The van der Waals surface area contributed by atoms with E-state index in [1.807, 2.05) is 0 Å². The molecule has 2 saturated carbocycles. The Kier molecular flexibility index (Phi) is 5.12. The maximum atomic E-state index is 11.9. The number of urea groups is 1. The summed E-state index contributed by atoms with van der Waals surface area (Å²) in [5.41, 5.74) is 0.340. The number of hydrogen-bond acceptors (Lipinski definition) is 2. The Balaban J connectivity index is 1.65. The molecule has 0 saturated heterocycles. The van der Waals surface area contributed by atoms with Crippen molar-refractivity contribution < 1.29 is 14.7 Å². The second-order valence-corrected chi connectivity index (χ2v) is 7.31. The van der Waals surface area contributed by atoms with Crippen LogP contribution in [0.2, 0.25) is 0 Å². The predicted molar refractivity (Wildman–Crippen MR) is 81.0 cm³/mol. The van der Waals surface area contributed by atoms with Crippen molar-refractivity contribution in [3.63, 3.8) is 0 Å². The Morgan fingerprint density at radius 1 is 1.19 bits per heavy atom. The quantitative estimate of drug-likeness (QED) is 0.705. The van der Waals surface area contributed by atoms with Crippen molar-refractivity contribution in [2.45, 2.75) is 64.8 Å². The predicted octanol–water partition coefficient (Wildman–Crippen LogP) is 2.76. The molecule has 0 bridgehead atoms. The molecule has 120 valence electrons. The first-order chi connectivity index (χ1) is 9.90. The molecular weight excluding hydrogens is 268 g/mol. The van der Waals surface area contributed by atoms with Gasteiger partial charge in [0.1, 0.15) is 0 Å². The van der Waals surface area contributed by atoms with Gasteiger partial charge in [-0.1, -0.05) is 13.8 Å². The van der Waals surface area contributed by atoms with Crippen LogP contribution < -0.4 is 10.6 Å². The largest absolute Gasteiger partial charge is 0.481 e. The number of hydrogen-bond donors (Lipinski definition) is 3. The number of carboxylic acid groups (broad SMARTS) is 1. The number of nitrogens with one attached hydrogen (secondary N) is 2. The normalized spacial score (nSPS) is 27.2. The molecule has 0 atom stereocenters. The Hall–Kier alpha value is -1.26. The Morgan fingerprint density at radius 3 is 2.29 bits per heavy atom. The highest BCUT2D eigenvalue weighted by Crippen LogP contribution is 2.49. The Labute approximate surface area is 126 Å². The lowest BCUT2D eigenvalue weighted by Crippen LogP contribution is -2.45. The smallest absolute Gasteiger partial charge is 0.315 e. The van der Waals surface area contributed by atoms with Gasteiger partial charge in [0.2, 0.25) is 0 Å². The first kappa shape index (κ1) is 16.1. The van der Waals surface area contributed by atoms with Crippen LogP contribution in [0.25, 0.3) is 0 Å². The lowest BCUT2D eigenvalue weighted by Gasteiger charge is -2.27. The third kappa shape index (κ3) is 4.90. The molecule has 2 aliphatic carbocycles. The van der Waals surface area contributed by atoms with Gasteiger partial charge < -0.3 is 15.7 Å². The number of carbonyl (C=O) groups excluding carboxylic acids is 1. The Bertz CT molecular complexity index is 383. The lowest BCUT2D eigenvalue weighted by atomic mass is 9.86. The highest BCUT2D eigenvalue weighted by molar-refractivity contribution is 5.74. The van der Waals surface area contributed by atoms with E-state index in [2.05, 4.69) is 24.5 Å². The minimum Gasteiger partial charge on any atom is -0.481 e. The summed E-state index contributed by atoms with van der Waals surface area (Å²) >= 11 is 0. The molecule has 5 nitrogen and oxygen atoms in total. The fourth-order valence-corrected chi connectivity index (χ4v) is 3.48. The summed E-state index contributed by atoms with van der Waals surface area (Å²) in [5, 5.41) is 15.0. The molecule has 0 aromatic carbocycles. The van der Waals surface area contributed by atoms with Crippen molar-refractivity contribution in [3.8, 4) is 0 Å². The standard InChI is InChI=1S/C16H28N2O3/c1-11(2)9-16(7-8-16)10-17-15(21)18-13-5-3-12(4-6-13)14(19)20/h11-13H,3-10H2,1-2H3,(H,19,20)(H2,17,18,21). The van der Waals surface area contributed by atoms with E-state index in [-0.39, 0.29) is 18.0 Å². The van der Waals surface area contributed by atoms with Gasteiger partial charge in [-0.05, 0) is 56.3 Å². The molecule has 0 aliphatic heterocycles. The minimum atomic E-state index is -0.706. The fourth-order valence-electron chi connectivity index (χ4n) is 3.48. The van der Waals surface area contributed by atoms with Crippen molar-refractivity contribution in [2.75, 3.05) is 6.54 Å². The summed E-state index contributed by atoms with van der Waals surface area (Å²) in [6.45, 7) is 5.21. The van der Waals surface area contributed by atoms with Crippen LogP contribution in [-0.4, -0.2) is 29.7 Å². The second-order valence-electron chi connectivity index (χ2n) is 7.31. The summed E-state index contributed by atoms with van der Waals surface area (Å²) in [6, 6.07) is 0.0321. The van der Waals surface area contributed by atoms with Gasteiger partial charge in [0.15, 0.2) is 0 Å². The zero-order valence-corrected chi connectivity index (χ0v) is 13.2. The molecule has 0 radical (unpaired) electrons. The third-order valence-corrected chi connectivity index (χ3v) is 4.83. The average Bonchev–Trinajstić information content (AvgIpc) is 3.16. The van der Waals surface area contributed by atoms with Gasteiger partial charge in [-0.2, -0.15) is 0 Å². The SMILES string of the molecule is CC(C)CC1(CNC(=O)NC2CCC(C(=O)O)CC2)CC1. The summed E-state index contributed by atoms with van der Waals surface area (Å²) in [6.07, 6.45) is 6.47. The van der Waals surface area contributed by atoms with Gasteiger partial charge in [-0.15, -0.1) is 0 Å². The fraction of sp³-hybridized carbons (Fsp3) is 0.875. The molecule has 2 amide bonds. The minimum absolute atomic E-state index is 0.0937. The summed E-state index contributed by atoms with van der Waals surface area (Å²) in [7, 11) is 0.